The van der Waals surface area contributed by atoms with Gasteiger partial charge in [0.25, 0.3) is 0 Å². The van der Waals surface area contributed by atoms with E-state index in [1.165, 1.54) is 0 Å². The minimum atomic E-state index is -0.767. The average Bonchev–Trinajstić information content (AvgIpc) is 3.17. The van der Waals surface area contributed by atoms with Crippen LogP contribution in [0.15, 0.2) is 24.3 Å². The van der Waals surface area contributed by atoms with Crippen LogP contribution in [0.3, 0.4) is 0 Å². The van der Waals surface area contributed by atoms with Crippen molar-refractivity contribution in [3.63, 3.8) is 0 Å². The minimum absolute atomic E-state index is 0.105. The molecule has 4 aromatic rings. The molecule has 5 rings (SSSR count). The summed E-state index contributed by atoms with van der Waals surface area (Å²) in [7, 11) is 0. The second kappa shape index (κ2) is 17.5. The van der Waals surface area contributed by atoms with Gasteiger partial charge in [-0.25, -0.2) is 0 Å². The van der Waals surface area contributed by atoms with Gasteiger partial charge in [-0.05, 0) is 52.0 Å². The highest BCUT2D eigenvalue weighted by atomic mass is 16.5. The molecule has 12 nitrogen and oxygen atoms in total. The van der Waals surface area contributed by atoms with Crippen molar-refractivity contribution < 1.29 is 59.8 Å². The summed E-state index contributed by atoms with van der Waals surface area (Å²) in [6.45, 7) is 14.8. The Morgan fingerprint density at radius 3 is 0.589 bits per heavy atom. The molecule has 304 valence electrons. The molecule has 0 saturated heterocycles. The fourth-order valence-corrected chi connectivity index (χ4v) is 7.73. The first-order valence-electron chi connectivity index (χ1n) is 19.3. The highest BCUT2D eigenvalue weighted by Gasteiger charge is 2.34. The van der Waals surface area contributed by atoms with Crippen molar-refractivity contribution in [3.8, 4) is 46.0 Å². The summed E-state index contributed by atoms with van der Waals surface area (Å²) in [4.78, 5) is 0. The third-order valence-corrected chi connectivity index (χ3v) is 11.3. The maximum Gasteiger partial charge on any atom is 0.128 e. The molecule has 0 amide bonds. The van der Waals surface area contributed by atoms with Crippen LogP contribution >= 0.6 is 0 Å². The maximum absolute atomic E-state index is 11.8. The van der Waals surface area contributed by atoms with Crippen LogP contribution in [0, 0.1) is 0 Å². The van der Waals surface area contributed by atoms with Crippen molar-refractivity contribution in [1.29, 1.82) is 0 Å². The summed E-state index contributed by atoms with van der Waals surface area (Å²) < 4.78 is 22.8. The van der Waals surface area contributed by atoms with Gasteiger partial charge in [0.15, 0.2) is 0 Å². The first-order chi connectivity index (χ1) is 26.7. The zero-order valence-corrected chi connectivity index (χ0v) is 33.5. The maximum atomic E-state index is 11.8. The van der Waals surface area contributed by atoms with Gasteiger partial charge in [-0.2, -0.15) is 0 Å². The van der Waals surface area contributed by atoms with Gasteiger partial charge in [0.1, 0.15) is 46.0 Å². The highest BCUT2D eigenvalue weighted by Crippen LogP contribution is 2.53. The van der Waals surface area contributed by atoms with Crippen LogP contribution in [0.5, 0.6) is 46.0 Å². The van der Waals surface area contributed by atoms with Crippen molar-refractivity contribution in [2.24, 2.45) is 0 Å². The number of benzene rings is 4. The fraction of sp³-hybridized carbons (Fsp3) is 0.455. The number of fused-ring (bicyclic) bond motifs is 8. The second-order valence-electron chi connectivity index (χ2n) is 14.4. The molecule has 4 aromatic carbocycles. The molecule has 0 aromatic heterocycles. The Labute approximate surface area is 328 Å². The number of ether oxygens (including phenoxy) is 4. The van der Waals surface area contributed by atoms with Gasteiger partial charge in [-0.15, -0.1) is 0 Å². The molecule has 0 spiro atoms. The molecule has 0 radical (unpaired) electrons. The smallest absolute Gasteiger partial charge is 0.128 e. The zero-order chi connectivity index (χ0) is 41.2. The van der Waals surface area contributed by atoms with Gasteiger partial charge in [0, 0.05) is 94.6 Å². The predicted molar refractivity (Wildman–Crippen MR) is 210 cm³/mol. The Kier molecular flexibility index (Phi) is 13.2. The van der Waals surface area contributed by atoms with Crippen molar-refractivity contribution in [2.45, 2.75) is 105 Å². The molecule has 1 aliphatic carbocycles. The number of aromatic hydroxyl groups is 8. The predicted octanol–water partition coefficient (Wildman–Crippen LogP) is 8.40. The van der Waals surface area contributed by atoms with E-state index in [0.29, 0.717) is 44.5 Å². The van der Waals surface area contributed by atoms with E-state index in [1.54, 1.807) is 79.7 Å². The first kappa shape index (κ1) is 42.3. The molecule has 0 heterocycles. The summed E-state index contributed by atoms with van der Waals surface area (Å²) in [6, 6.07) is 6.49. The number of hydrogen-bond donors (Lipinski definition) is 8. The lowest BCUT2D eigenvalue weighted by molar-refractivity contribution is 0.129. The molecular weight excluding hydrogens is 720 g/mol. The zero-order valence-electron chi connectivity index (χ0n) is 33.5. The van der Waals surface area contributed by atoms with Crippen molar-refractivity contribution >= 4 is 0 Å². The Bertz CT molecular complexity index is 1670. The van der Waals surface area contributed by atoms with Crippen LogP contribution < -0.4 is 0 Å². The lowest BCUT2D eigenvalue weighted by atomic mass is 9.78. The normalized spacial score (nSPS) is 18.0. The van der Waals surface area contributed by atoms with Crippen molar-refractivity contribution in [1.82, 2.24) is 0 Å². The van der Waals surface area contributed by atoms with Crippen LogP contribution in [-0.2, 0) is 45.4 Å². The van der Waals surface area contributed by atoms with Crippen LogP contribution in [-0.4, -0.2) is 67.3 Å². The quantitative estimate of drug-likeness (QED) is 0.0685. The summed E-state index contributed by atoms with van der Waals surface area (Å²) >= 11 is 0. The van der Waals surface area contributed by atoms with E-state index in [2.05, 4.69) is 0 Å². The largest absolute Gasteiger partial charge is 0.507 e. The van der Waals surface area contributed by atoms with Gasteiger partial charge in [-0.3, -0.25) is 0 Å². The lowest BCUT2D eigenvalue weighted by Crippen LogP contribution is -2.11. The van der Waals surface area contributed by atoms with Gasteiger partial charge >= 0.3 is 0 Å². The average molecular weight is 777 g/mol. The first-order valence-corrected chi connectivity index (χ1v) is 19.3. The number of rotatable bonds is 12. The summed E-state index contributed by atoms with van der Waals surface area (Å²) in [5.74, 6) is -5.09. The molecule has 1 aliphatic rings. The molecule has 0 atom stereocenters. The Hall–Kier alpha value is -4.88. The van der Waals surface area contributed by atoms with E-state index in [-0.39, 0.29) is 121 Å². The Balaban J connectivity index is 1.99. The molecule has 12 heteroatoms. The summed E-state index contributed by atoms with van der Waals surface area (Å²) in [5.41, 5.74) is 3.00. The fourth-order valence-electron chi connectivity index (χ4n) is 7.73. The Morgan fingerprint density at radius 2 is 0.464 bits per heavy atom. The van der Waals surface area contributed by atoms with E-state index in [1.807, 2.05) is 0 Å². The standard InChI is InChI=1S/C44H56O12/c1-9-53-17-33-37(45)25-13-26(38(33)46)22(6)28-15-30(42(50)35(40(28)48)19-55-11-3)24(8)32-16-31(43(51)36(44(32)52)20-56-12-4)23(7)29-14-27(21(25)5)39(47)34(41(29)49)18-54-10-2/h13-16,21-24,45-52H,9-12,17-20H2,1-8H3. The van der Waals surface area contributed by atoms with E-state index in [4.69, 9.17) is 18.9 Å². The number of phenols is 8. The van der Waals surface area contributed by atoms with Crippen LogP contribution in [0.4, 0.5) is 0 Å². The third-order valence-electron chi connectivity index (χ3n) is 11.3. The summed E-state index contributed by atoms with van der Waals surface area (Å²) in [5, 5.41) is 94.7. The molecule has 8 N–H and O–H groups in total. The lowest BCUT2D eigenvalue weighted by Gasteiger charge is -2.29. The third kappa shape index (κ3) is 7.50. The van der Waals surface area contributed by atoms with E-state index in [9.17, 15) is 40.9 Å². The van der Waals surface area contributed by atoms with Gasteiger partial charge in [0.05, 0.1) is 48.7 Å². The summed E-state index contributed by atoms with van der Waals surface area (Å²) in [6.07, 6.45) is 0. The minimum Gasteiger partial charge on any atom is -0.507 e. The molecule has 56 heavy (non-hydrogen) atoms. The Morgan fingerprint density at radius 1 is 0.321 bits per heavy atom. The van der Waals surface area contributed by atoms with E-state index in [0.717, 1.165) is 0 Å². The van der Waals surface area contributed by atoms with Gasteiger partial charge < -0.3 is 59.8 Å². The molecule has 0 aliphatic heterocycles. The van der Waals surface area contributed by atoms with Crippen LogP contribution in [0.25, 0.3) is 0 Å². The van der Waals surface area contributed by atoms with Crippen LogP contribution in [0.1, 0.15) is 146 Å². The van der Waals surface area contributed by atoms with E-state index >= 15 is 0 Å². The molecular formula is C44H56O12. The molecule has 8 bridgehead atoms. The van der Waals surface area contributed by atoms with E-state index < -0.39 is 23.7 Å². The number of hydrogen-bond acceptors (Lipinski definition) is 12. The second-order valence-corrected chi connectivity index (χ2v) is 14.4. The molecule has 0 fully saturated rings. The topological polar surface area (TPSA) is 199 Å². The highest BCUT2D eigenvalue weighted by molar-refractivity contribution is 5.67. The molecule has 0 unspecified atom stereocenters. The van der Waals surface area contributed by atoms with Gasteiger partial charge in [-0.1, -0.05) is 27.7 Å². The monoisotopic (exact) mass is 776 g/mol. The van der Waals surface area contributed by atoms with Crippen molar-refractivity contribution in [3.05, 3.63) is 91.0 Å². The van der Waals surface area contributed by atoms with Crippen LogP contribution in [0.2, 0.25) is 0 Å². The van der Waals surface area contributed by atoms with Crippen molar-refractivity contribution in [2.75, 3.05) is 26.4 Å². The SMILES string of the molecule is CCOCc1c(O)c2cc(c1O)C(C)c1cc(c(O)c(COCC)c1O)C(C)c1cc(c(O)c(COCC)c1O)C(C)c1cc(c(O)c(COCC)c1O)C2C. The number of phenolic OH excluding ortho intramolecular Hbond substituents is 8. The molecule has 0 saturated carbocycles. The van der Waals surface area contributed by atoms with Gasteiger partial charge in [0.2, 0.25) is 0 Å².